The molecule has 0 radical (unpaired) electrons. The molecule has 7 heteroatoms. The third kappa shape index (κ3) is 3.24. The number of amides is 1. The Morgan fingerprint density at radius 2 is 2.10 bits per heavy atom. The van der Waals surface area contributed by atoms with E-state index < -0.39 is 5.97 Å². The molecule has 0 atom stereocenters. The van der Waals surface area contributed by atoms with Crippen LogP contribution in [0.5, 0.6) is 0 Å². The van der Waals surface area contributed by atoms with E-state index in [-0.39, 0.29) is 11.8 Å². The molecule has 1 saturated heterocycles. The van der Waals surface area contributed by atoms with Crippen molar-refractivity contribution in [1.82, 2.24) is 10.3 Å². The van der Waals surface area contributed by atoms with Crippen LogP contribution in [0.4, 0.5) is 11.5 Å². The Labute approximate surface area is 123 Å². The Hall–Kier alpha value is -2.31. The quantitative estimate of drug-likeness (QED) is 0.783. The molecule has 1 aliphatic heterocycles. The van der Waals surface area contributed by atoms with Gasteiger partial charge >= 0.3 is 5.97 Å². The fourth-order valence-electron chi connectivity index (χ4n) is 2.54. The van der Waals surface area contributed by atoms with E-state index in [1.54, 1.807) is 13.1 Å². The van der Waals surface area contributed by atoms with Crippen LogP contribution in [0, 0.1) is 5.92 Å². The molecule has 0 saturated carbocycles. The summed E-state index contributed by atoms with van der Waals surface area (Å²) in [5, 5.41) is 2.67. The van der Waals surface area contributed by atoms with Gasteiger partial charge in [0.2, 0.25) is 5.91 Å². The van der Waals surface area contributed by atoms with Crippen molar-refractivity contribution in [1.29, 1.82) is 0 Å². The summed E-state index contributed by atoms with van der Waals surface area (Å²) in [6.07, 6.45) is 2.98. The lowest BCUT2D eigenvalue weighted by atomic mass is 9.95. The fraction of sp³-hybridized carbons (Fsp3) is 0.500. The van der Waals surface area contributed by atoms with Crippen molar-refractivity contribution >= 4 is 23.4 Å². The van der Waals surface area contributed by atoms with Crippen molar-refractivity contribution in [3.05, 3.63) is 17.8 Å². The molecule has 0 aliphatic carbocycles. The van der Waals surface area contributed by atoms with Crippen LogP contribution in [0.25, 0.3) is 0 Å². The summed E-state index contributed by atoms with van der Waals surface area (Å²) in [5.41, 5.74) is 6.46. The van der Waals surface area contributed by atoms with Crippen LogP contribution in [0.1, 0.15) is 23.2 Å². The number of pyridine rings is 1. The number of hydrogen-bond donors (Lipinski definition) is 2. The first-order valence-corrected chi connectivity index (χ1v) is 6.87. The third-order valence-corrected chi connectivity index (χ3v) is 3.70. The van der Waals surface area contributed by atoms with Gasteiger partial charge in [0.1, 0.15) is 11.4 Å². The van der Waals surface area contributed by atoms with Gasteiger partial charge in [0, 0.05) is 26.1 Å². The molecule has 21 heavy (non-hydrogen) atoms. The first-order valence-electron chi connectivity index (χ1n) is 6.87. The van der Waals surface area contributed by atoms with E-state index in [0.29, 0.717) is 30.2 Å². The van der Waals surface area contributed by atoms with Crippen molar-refractivity contribution in [2.75, 3.05) is 37.9 Å². The van der Waals surface area contributed by atoms with Crippen molar-refractivity contribution in [3.63, 3.8) is 0 Å². The monoisotopic (exact) mass is 292 g/mol. The second-order valence-corrected chi connectivity index (χ2v) is 5.01. The van der Waals surface area contributed by atoms with Gasteiger partial charge in [0.15, 0.2) is 0 Å². The Balaban J connectivity index is 2.17. The minimum atomic E-state index is -0.460. The summed E-state index contributed by atoms with van der Waals surface area (Å²) in [5.74, 6) is 0.180. The molecule has 1 amide bonds. The molecule has 1 aliphatic rings. The lowest BCUT2D eigenvalue weighted by molar-refractivity contribution is -0.125. The zero-order chi connectivity index (χ0) is 15.4. The number of carbonyl (C=O) groups is 2. The second kappa shape index (κ2) is 6.43. The number of carbonyl (C=O) groups excluding carboxylic acids is 2. The smallest absolute Gasteiger partial charge is 0.341 e. The Morgan fingerprint density at radius 3 is 2.67 bits per heavy atom. The zero-order valence-corrected chi connectivity index (χ0v) is 12.3. The lowest BCUT2D eigenvalue weighted by Gasteiger charge is -2.32. The van der Waals surface area contributed by atoms with Gasteiger partial charge in [0.05, 0.1) is 19.0 Å². The third-order valence-electron chi connectivity index (χ3n) is 3.70. The molecule has 0 unspecified atom stereocenters. The van der Waals surface area contributed by atoms with Gasteiger partial charge in [-0.25, -0.2) is 9.78 Å². The summed E-state index contributed by atoms with van der Waals surface area (Å²) in [4.78, 5) is 29.7. The number of piperidine rings is 1. The molecule has 0 spiro atoms. The van der Waals surface area contributed by atoms with Gasteiger partial charge < -0.3 is 20.7 Å². The SMILES string of the molecule is CNC(=O)C1CCN(c2ncc(N)cc2C(=O)OC)CC1. The highest BCUT2D eigenvalue weighted by atomic mass is 16.5. The van der Waals surface area contributed by atoms with Crippen LogP contribution in [0.3, 0.4) is 0 Å². The predicted octanol–water partition coefficient (Wildman–Crippen LogP) is 0.413. The average Bonchev–Trinajstić information content (AvgIpc) is 2.53. The van der Waals surface area contributed by atoms with Gasteiger partial charge in [0.25, 0.3) is 0 Å². The van der Waals surface area contributed by atoms with Crippen LogP contribution in [-0.2, 0) is 9.53 Å². The molecule has 114 valence electrons. The van der Waals surface area contributed by atoms with E-state index in [1.165, 1.54) is 13.3 Å². The number of nitrogens with zero attached hydrogens (tertiary/aromatic N) is 2. The molecule has 2 heterocycles. The molecule has 1 aromatic heterocycles. The summed E-state index contributed by atoms with van der Waals surface area (Å²) in [7, 11) is 2.97. The Morgan fingerprint density at radius 1 is 1.43 bits per heavy atom. The van der Waals surface area contributed by atoms with Crippen molar-refractivity contribution in [2.24, 2.45) is 5.92 Å². The molecule has 3 N–H and O–H groups in total. The average molecular weight is 292 g/mol. The fourth-order valence-corrected chi connectivity index (χ4v) is 2.54. The maximum atomic E-state index is 11.8. The zero-order valence-electron chi connectivity index (χ0n) is 12.3. The number of nitrogen functional groups attached to an aromatic ring is 1. The molecular weight excluding hydrogens is 272 g/mol. The van der Waals surface area contributed by atoms with E-state index in [0.717, 1.165) is 12.8 Å². The number of methoxy groups -OCH3 is 1. The van der Waals surface area contributed by atoms with Crippen LogP contribution >= 0.6 is 0 Å². The van der Waals surface area contributed by atoms with E-state index >= 15 is 0 Å². The number of nitrogens with one attached hydrogen (secondary N) is 1. The molecule has 2 rings (SSSR count). The number of anilines is 2. The maximum absolute atomic E-state index is 11.8. The lowest BCUT2D eigenvalue weighted by Crippen LogP contribution is -2.40. The number of nitrogens with two attached hydrogens (primary N) is 1. The van der Waals surface area contributed by atoms with Crippen molar-refractivity contribution < 1.29 is 14.3 Å². The van der Waals surface area contributed by atoms with Crippen molar-refractivity contribution in [3.8, 4) is 0 Å². The summed E-state index contributed by atoms with van der Waals surface area (Å²) >= 11 is 0. The van der Waals surface area contributed by atoms with E-state index in [4.69, 9.17) is 10.5 Å². The molecule has 0 bridgehead atoms. The normalized spacial score (nSPS) is 15.6. The minimum Gasteiger partial charge on any atom is -0.465 e. The van der Waals surface area contributed by atoms with E-state index in [9.17, 15) is 9.59 Å². The summed E-state index contributed by atoms with van der Waals surface area (Å²) in [6.45, 7) is 1.33. The molecular formula is C14H20N4O3. The van der Waals surface area contributed by atoms with Crippen molar-refractivity contribution in [2.45, 2.75) is 12.8 Å². The number of esters is 1. The Kier molecular flexibility index (Phi) is 4.62. The molecule has 1 aromatic rings. The molecule has 7 nitrogen and oxygen atoms in total. The maximum Gasteiger partial charge on any atom is 0.341 e. The van der Waals surface area contributed by atoms with E-state index in [2.05, 4.69) is 10.3 Å². The minimum absolute atomic E-state index is 0.0154. The standard InChI is InChI=1S/C14H20N4O3/c1-16-13(19)9-3-5-18(6-4-9)12-11(14(20)21-2)7-10(15)8-17-12/h7-9H,3-6,15H2,1-2H3,(H,16,19). The topological polar surface area (TPSA) is 97.5 Å². The predicted molar refractivity (Wildman–Crippen MR) is 79.0 cm³/mol. The highest BCUT2D eigenvalue weighted by Crippen LogP contribution is 2.26. The van der Waals surface area contributed by atoms with Gasteiger partial charge in [-0.3, -0.25) is 4.79 Å². The van der Waals surface area contributed by atoms with Gasteiger partial charge in [-0.1, -0.05) is 0 Å². The van der Waals surface area contributed by atoms with Crippen LogP contribution < -0.4 is 16.0 Å². The summed E-state index contributed by atoms with van der Waals surface area (Å²) < 4.78 is 4.77. The van der Waals surface area contributed by atoms with Gasteiger partial charge in [-0.05, 0) is 18.9 Å². The number of ether oxygens (including phenoxy) is 1. The van der Waals surface area contributed by atoms with Crippen LogP contribution in [0.2, 0.25) is 0 Å². The highest BCUT2D eigenvalue weighted by Gasteiger charge is 2.27. The second-order valence-electron chi connectivity index (χ2n) is 5.01. The summed E-state index contributed by atoms with van der Waals surface area (Å²) in [6, 6.07) is 1.57. The first-order chi connectivity index (χ1) is 10.1. The van der Waals surface area contributed by atoms with E-state index in [1.807, 2.05) is 4.90 Å². The largest absolute Gasteiger partial charge is 0.465 e. The molecule has 1 fully saturated rings. The number of hydrogen-bond acceptors (Lipinski definition) is 6. The van der Waals surface area contributed by atoms with Crippen LogP contribution in [0.15, 0.2) is 12.3 Å². The highest BCUT2D eigenvalue weighted by molar-refractivity contribution is 5.95. The number of aromatic nitrogens is 1. The van der Waals surface area contributed by atoms with Crippen LogP contribution in [-0.4, -0.2) is 44.1 Å². The van der Waals surface area contributed by atoms with Gasteiger partial charge in [-0.15, -0.1) is 0 Å². The first kappa shape index (κ1) is 15.1. The molecule has 0 aromatic carbocycles. The number of rotatable bonds is 3. The van der Waals surface area contributed by atoms with Gasteiger partial charge in [-0.2, -0.15) is 0 Å². The Bertz CT molecular complexity index is 539.